The van der Waals surface area contributed by atoms with Crippen LogP contribution in [0.15, 0.2) is 35.2 Å². The second kappa shape index (κ2) is 6.04. The summed E-state index contributed by atoms with van der Waals surface area (Å²) in [4.78, 5) is 20.6. The number of aromatic nitrogens is 4. The number of imidazole rings is 1. The molecule has 0 saturated heterocycles. The molecule has 0 aliphatic carbocycles. The number of pyridine rings is 1. The average molecular weight is 311 g/mol. The summed E-state index contributed by atoms with van der Waals surface area (Å²) < 4.78 is 6.93. The third-order valence-corrected chi connectivity index (χ3v) is 3.62. The molecule has 1 amide bonds. The fraction of sp³-hybridized carbons (Fsp3) is 0.250. The van der Waals surface area contributed by atoms with Gasteiger partial charge in [0.2, 0.25) is 5.91 Å². The van der Waals surface area contributed by atoms with Crippen molar-refractivity contribution in [1.29, 1.82) is 0 Å². The van der Waals surface area contributed by atoms with Crippen molar-refractivity contribution < 1.29 is 9.32 Å². The van der Waals surface area contributed by atoms with Gasteiger partial charge in [-0.1, -0.05) is 5.16 Å². The molecule has 0 atom stereocenters. The van der Waals surface area contributed by atoms with Crippen LogP contribution in [-0.4, -0.2) is 25.6 Å². The standard InChI is InChI=1S/C16H17N5O2/c1-10-14(11(2)23-20-10)8-16(22)19-13-4-5-15(18-9-13)21-7-6-17-12(21)3/h4-7,9H,8H2,1-3H3,(H,19,22). The van der Waals surface area contributed by atoms with Gasteiger partial charge in [-0.05, 0) is 32.9 Å². The van der Waals surface area contributed by atoms with Crippen LogP contribution >= 0.6 is 0 Å². The molecule has 7 heteroatoms. The normalized spacial score (nSPS) is 10.7. The number of hydrogen-bond donors (Lipinski definition) is 1. The number of nitrogens with zero attached hydrogens (tertiary/aromatic N) is 4. The Bertz CT molecular complexity index is 813. The zero-order chi connectivity index (χ0) is 16.4. The van der Waals surface area contributed by atoms with Crippen molar-refractivity contribution in [2.75, 3.05) is 5.32 Å². The van der Waals surface area contributed by atoms with E-state index in [0.29, 0.717) is 11.4 Å². The number of carbonyl (C=O) groups excluding carboxylic acids is 1. The first-order valence-corrected chi connectivity index (χ1v) is 7.22. The molecule has 1 N–H and O–H groups in total. The fourth-order valence-electron chi connectivity index (χ4n) is 2.34. The predicted octanol–water partition coefficient (Wildman–Crippen LogP) is 2.36. The molecule has 23 heavy (non-hydrogen) atoms. The molecule has 0 fully saturated rings. The van der Waals surface area contributed by atoms with Crippen molar-refractivity contribution in [3.63, 3.8) is 0 Å². The number of nitrogens with one attached hydrogen (secondary N) is 1. The van der Waals surface area contributed by atoms with Gasteiger partial charge in [0.05, 0.1) is 24.0 Å². The molecule has 3 aromatic heterocycles. The summed E-state index contributed by atoms with van der Waals surface area (Å²) >= 11 is 0. The van der Waals surface area contributed by atoms with E-state index in [-0.39, 0.29) is 12.3 Å². The SMILES string of the molecule is Cc1noc(C)c1CC(=O)Nc1ccc(-n2ccnc2C)nc1. The zero-order valence-corrected chi connectivity index (χ0v) is 13.2. The van der Waals surface area contributed by atoms with Gasteiger partial charge < -0.3 is 9.84 Å². The molecule has 0 aliphatic rings. The zero-order valence-electron chi connectivity index (χ0n) is 13.2. The second-order valence-corrected chi connectivity index (χ2v) is 5.28. The average Bonchev–Trinajstić information content (AvgIpc) is 3.09. The molecule has 0 unspecified atom stereocenters. The minimum absolute atomic E-state index is 0.132. The maximum atomic E-state index is 12.1. The quantitative estimate of drug-likeness (QED) is 0.799. The molecule has 118 valence electrons. The first-order chi connectivity index (χ1) is 11.0. The molecule has 3 rings (SSSR count). The van der Waals surface area contributed by atoms with Crippen LogP contribution in [0.3, 0.4) is 0 Å². The number of anilines is 1. The van der Waals surface area contributed by atoms with E-state index in [4.69, 9.17) is 4.52 Å². The lowest BCUT2D eigenvalue weighted by Crippen LogP contribution is -2.15. The highest BCUT2D eigenvalue weighted by molar-refractivity contribution is 5.92. The maximum Gasteiger partial charge on any atom is 0.229 e. The van der Waals surface area contributed by atoms with E-state index < -0.39 is 0 Å². The van der Waals surface area contributed by atoms with Crippen LogP contribution < -0.4 is 5.32 Å². The smallest absolute Gasteiger partial charge is 0.229 e. The second-order valence-electron chi connectivity index (χ2n) is 5.28. The Balaban J connectivity index is 1.69. The number of rotatable bonds is 4. The van der Waals surface area contributed by atoms with Crippen molar-refractivity contribution in [3.8, 4) is 5.82 Å². The van der Waals surface area contributed by atoms with Gasteiger partial charge in [-0.2, -0.15) is 0 Å². The highest BCUT2D eigenvalue weighted by Crippen LogP contribution is 2.15. The van der Waals surface area contributed by atoms with Crippen molar-refractivity contribution in [3.05, 3.63) is 53.6 Å². The van der Waals surface area contributed by atoms with Crippen LogP contribution in [0.4, 0.5) is 5.69 Å². The first-order valence-electron chi connectivity index (χ1n) is 7.22. The summed E-state index contributed by atoms with van der Waals surface area (Å²) in [5.41, 5.74) is 2.20. The van der Waals surface area contributed by atoms with Crippen LogP contribution in [0, 0.1) is 20.8 Å². The molecule has 3 heterocycles. The highest BCUT2D eigenvalue weighted by atomic mass is 16.5. The number of hydrogen-bond acceptors (Lipinski definition) is 5. The van der Waals surface area contributed by atoms with Crippen molar-refractivity contribution >= 4 is 11.6 Å². The first kappa shape index (κ1) is 15.0. The van der Waals surface area contributed by atoms with Gasteiger partial charge in [-0.25, -0.2) is 9.97 Å². The molecule has 7 nitrogen and oxygen atoms in total. The predicted molar refractivity (Wildman–Crippen MR) is 84.4 cm³/mol. The molecule has 3 aromatic rings. The van der Waals surface area contributed by atoms with E-state index >= 15 is 0 Å². The Morgan fingerprint density at radius 1 is 1.26 bits per heavy atom. The summed E-state index contributed by atoms with van der Waals surface area (Å²) in [7, 11) is 0. The monoisotopic (exact) mass is 311 g/mol. The van der Waals surface area contributed by atoms with Gasteiger partial charge in [0, 0.05) is 18.0 Å². The van der Waals surface area contributed by atoms with E-state index in [9.17, 15) is 4.79 Å². The van der Waals surface area contributed by atoms with E-state index in [1.54, 1.807) is 19.3 Å². The van der Waals surface area contributed by atoms with E-state index in [2.05, 4.69) is 20.4 Å². The largest absolute Gasteiger partial charge is 0.361 e. The third-order valence-electron chi connectivity index (χ3n) is 3.62. The lowest BCUT2D eigenvalue weighted by Gasteiger charge is -2.07. The van der Waals surface area contributed by atoms with Gasteiger partial charge in [-0.3, -0.25) is 9.36 Å². The molecule has 0 spiro atoms. The van der Waals surface area contributed by atoms with Crippen LogP contribution in [0.1, 0.15) is 22.8 Å². The Hall–Kier alpha value is -2.96. The van der Waals surface area contributed by atoms with Crippen molar-refractivity contribution in [2.24, 2.45) is 0 Å². The maximum absolute atomic E-state index is 12.1. The van der Waals surface area contributed by atoms with Crippen molar-refractivity contribution in [2.45, 2.75) is 27.2 Å². The van der Waals surface area contributed by atoms with Crippen LogP contribution in [0.2, 0.25) is 0 Å². The molecule has 0 bridgehead atoms. The topological polar surface area (TPSA) is 85.8 Å². The molecule has 0 aliphatic heterocycles. The summed E-state index contributed by atoms with van der Waals surface area (Å²) in [5, 5.41) is 6.67. The van der Waals surface area contributed by atoms with E-state index in [1.165, 1.54) is 0 Å². The van der Waals surface area contributed by atoms with Gasteiger partial charge >= 0.3 is 0 Å². The molecular weight excluding hydrogens is 294 g/mol. The van der Waals surface area contributed by atoms with Crippen LogP contribution in [-0.2, 0) is 11.2 Å². The minimum atomic E-state index is -0.132. The van der Waals surface area contributed by atoms with Crippen LogP contribution in [0.25, 0.3) is 5.82 Å². The van der Waals surface area contributed by atoms with E-state index in [0.717, 1.165) is 22.9 Å². The lowest BCUT2D eigenvalue weighted by atomic mass is 10.1. The summed E-state index contributed by atoms with van der Waals surface area (Å²) in [6.45, 7) is 5.52. The fourth-order valence-corrected chi connectivity index (χ4v) is 2.34. The third kappa shape index (κ3) is 3.13. The molecule has 0 radical (unpaired) electrons. The Morgan fingerprint density at radius 2 is 2.09 bits per heavy atom. The Morgan fingerprint density at radius 3 is 2.65 bits per heavy atom. The van der Waals surface area contributed by atoms with Crippen molar-refractivity contribution in [1.82, 2.24) is 19.7 Å². The molecular formula is C16H17N5O2. The molecule has 0 aromatic carbocycles. The van der Waals surface area contributed by atoms with Crippen LogP contribution in [0.5, 0.6) is 0 Å². The summed E-state index contributed by atoms with van der Waals surface area (Å²) in [6, 6.07) is 3.65. The number of aryl methyl sites for hydroxylation is 3. The van der Waals surface area contributed by atoms with Gasteiger partial charge in [0.15, 0.2) is 0 Å². The van der Waals surface area contributed by atoms with Gasteiger partial charge in [0.25, 0.3) is 0 Å². The van der Waals surface area contributed by atoms with E-state index in [1.807, 2.05) is 36.7 Å². The molecule has 0 saturated carbocycles. The number of amides is 1. The highest BCUT2D eigenvalue weighted by Gasteiger charge is 2.13. The Labute approximate surface area is 133 Å². The van der Waals surface area contributed by atoms with Gasteiger partial charge in [-0.15, -0.1) is 0 Å². The number of carbonyl (C=O) groups is 1. The minimum Gasteiger partial charge on any atom is -0.361 e. The summed E-state index contributed by atoms with van der Waals surface area (Å²) in [6.07, 6.45) is 5.41. The lowest BCUT2D eigenvalue weighted by molar-refractivity contribution is -0.115. The van der Waals surface area contributed by atoms with Gasteiger partial charge in [0.1, 0.15) is 17.4 Å². The Kier molecular flexibility index (Phi) is 3.92. The summed E-state index contributed by atoms with van der Waals surface area (Å²) in [5.74, 6) is 2.14.